The number of nitro benzene ring substituents is 1. The third-order valence-electron chi connectivity index (χ3n) is 2.72. The number of hydrogen-bond donors (Lipinski definition) is 2. The van der Waals surface area contributed by atoms with E-state index >= 15 is 0 Å². The lowest BCUT2D eigenvalue weighted by Gasteiger charge is -2.06. The first-order valence-corrected chi connectivity index (χ1v) is 7.80. The van der Waals surface area contributed by atoms with Crippen molar-refractivity contribution in [1.82, 2.24) is 4.72 Å². The fourth-order valence-corrected chi connectivity index (χ4v) is 2.76. The van der Waals surface area contributed by atoms with E-state index in [9.17, 15) is 18.5 Å². The van der Waals surface area contributed by atoms with Crippen molar-refractivity contribution in [1.29, 1.82) is 0 Å². The Labute approximate surface area is 117 Å². The predicted octanol–water partition coefficient (Wildman–Crippen LogP) is 1.43. The topological polar surface area (TPSA) is 110 Å². The van der Waals surface area contributed by atoms with E-state index in [0.717, 1.165) is 18.9 Å². The van der Waals surface area contributed by atoms with Crippen LogP contribution in [-0.4, -0.2) is 31.6 Å². The van der Waals surface area contributed by atoms with Gasteiger partial charge in [0.2, 0.25) is 10.0 Å². The number of benzene rings is 1. The average Bonchev–Trinajstić information content (AvgIpc) is 2.43. The van der Waals surface area contributed by atoms with E-state index < -0.39 is 14.9 Å². The third-order valence-corrected chi connectivity index (χ3v) is 4.17. The summed E-state index contributed by atoms with van der Waals surface area (Å²) in [6, 6.07) is 4.94. The van der Waals surface area contributed by atoms with Crippen LogP contribution < -0.4 is 4.72 Å². The molecule has 0 radical (unpaired) electrons. The zero-order chi connectivity index (χ0) is 15.0. The maximum atomic E-state index is 11.9. The van der Waals surface area contributed by atoms with Gasteiger partial charge in [-0.05, 0) is 18.9 Å². The number of non-ortho nitro benzene ring substituents is 1. The molecule has 0 unspecified atom stereocenters. The van der Waals surface area contributed by atoms with E-state index in [-0.39, 0.29) is 23.7 Å². The molecule has 0 heterocycles. The summed E-state index contributed by atoms with van der Waals surface area (Å²) < 4.78 is 26.2. The molecule has 1 aromatic carbocycles. The molecule has 7 nitrogen and oxygen atoms in total. The predicted molar refractivity (Wildman–Crippen MR) is 73.8 cm³/mol. The summed E-state index contributed by atoms with van der Waals surface area (Å²) in [5, 5.41) is 19.2. The Morgan fingerprint density at radius 3 is 2.55 bits per heavy atom. The molecular formula is C12H18N2O5S. The molecule has 8 heteroatoms. The molecule has 0 saturated carbocycles. The highest BCUT2D eigenvalue weighted by molar-refractivity contribution is 7.89. The van der Waals surface area contributed by atoms with Crippen LogP contribution in [0.5, 0.6) is 0 Å². The number of aliphatic hydroxyl groups is 1. The lowest BCUT2D eigenvalue weighted by atomic mass is 10.2. The number of hydrogen-bond acceptors (Lipinski definition) is 5. The van der Waals surface area contributed by atoms with Crippen molar-refractivity contribution in [3.05, 3.63) is 34.4 Å². The van der Waals surface area contributed by atoms with Crippen molar-refractivity contribution < 1.29 is 18.4 Å². The number of rotatable bonds is 9. The minimum absolute atomic E-state index is 0.109. The lowest BCUT2D eigenvalue weighted by Crippen LogP contribution is -2.24. The maximum Gasteiger partial charge on any atom is 0.270 e. The number of nitrogens with one attached hydrogen (secondary N) is 1. The van der Waals surface area contributed by atoms with Gasteiger partial charge in [0, 0.05) is 25.3 Å². The van der Waals surface area contributed by atoms with Crippen molar-refractivity contribution >= 4 is 15.7 Å². The molecule has 0 spiro atoms. The zero-order valence-corrected chi connectivity index (χ0v) is 11.8. The minimum Gasteiger partial charge on any atom is -0.396 e. The van der Waals surface area contributed by atoms with E-state index in [0.29, 0.717) is 12.8 Å². The van der Waals surface area contributed by atoms with Gasteiger partial charge in [-0.1, -0.05) is 18.9 Å². The summed E-state index contributed by atoms with van der Waals surface area (Å²) in [7, 11) is -3.71. The van der Waals surface area contributed by atoms with E-state index in [4.69, 9.17) is 5.11 Å². The van der Waals surface area contributed by atoms with E-state index in [2.05, 4.69) is 4.72 Å². The van der Waals surface area contributed by atoms with Gasteiger partial charge < -0.3 is 5.11 Å². The Morgan fingerprint density at radius 2 is 1.90 bits per heavy atom. The lowest BCUT2D eigenvalue weighted by molar-refractivity contribution is -0.385. The van der Waals surface area contributed by atoms with Crippen LogP contribution >= 0.6 is 0 Å². The second kappa shape index (κ2) is 7.93. The van der Waals surface area contributed by atoms with Gasteiger partial charge in [-0.3, -0.25) is 10.1 Å². The SMILES string of the molecule is O=[N+]([O-])c1cccc(S(=O)(=O)NCCCCCCO)c1. The highest BCUT2D eigenvalue weighted by Gasteiger charge is 2.16. The Kier molecular flexibility index (Phi) is 6.56. The maximum absolute atomic E-state index is 11.9. The minimum atomic E-state index is -3.71. The molecule has 0 aromatic heterocycles. The van der Waals surface area contributed by atoms with Gasteiger partial charge in [0.15, 0.2) is 0 Å². The second-order valence-corrected chi connectivity index (χ2v) is 6.06. The highest BCUT2D eigenvalue weighted by Crippen LogP contribution is 2.17. The Bertz CT molecular complexity index is 545. The molecule has 0 aliphatic carbocycles. The van der Waals surface area contributed by atoms with Crippen molar-refractivity contribution in [2.75, 3.05) is 13.2 Å². The molecule has 0 saturated heterocycles. The Hall–Kier alpha value is -1.51. The Morgan fingerprint density at radius 1 is 1.20 bits per heavy atom. The molecular weight excluding hydrogens is 284 g/mol. The molecule has 0 fully saturated rings. The van der Waals surface area contributed by atoms with Crippen LogP contribution in [0.2, 0.25) is 0 Å². The van der Waals surface area contributed by atoms with E-state index in [1.54, 1.807) is 0 Å². The number of nitrogens with zero attached hydrogens (tertiary/aromatic N) is 1. The highest BCUT2D eigenvalue weighted by atomic mass is 32.2. The van der Waals surface area contributed by atoms with Crippen LogP contribution in [0.15, 0.2) is 29.2 Å². The van der Waals surface area contributed by atoms with Gasteiger partial charge in [0.1, 0.15) is 0 Å². The van der Waals surface area contributed by atoms with Crippen LogP contribution in [0.25, 0.3) is 0 Å². The molecule has 1 rings (SSSR count). The van der Waals surface area contributed by atoms with Gasteiger partial charge in [0.05, 0.1) is 9.82 Å². The zero-order valence-electron chi connectivity index (χ0n) is 11.0. The van der Waals surface area contributed by atoms with Crippen LogP contribution in [0.1, 0.15) is 25.7 Å². The molecule has 2 N–H and O–H groups in total. The number of sulfonamides is 1. The Balaban J connectivity index is 2.56. The summed E-state index contributed by atoms with van der Waals surface area (Å²) in [5.41, 5.74) is -0.254. The molecule has 0 aliphatic heterocycles. The molecule has 0 atom stereocenters. The van der Waals surface area contributed by atoms with Gasteiger partial charge in [-0.25, -0.2) is 13.1 Å². The van der Waals surface area contributed by atoms with Crippen molar-refractivity contribution in [3.8, 4) is 0 Å². The molecule has 1 aromatic rings. The summed E-state index contributed by atoms with van der Waals surface area (Å²) >= 11 is 0. The molecule has 0 bridgehead atoms. The van der Waals surface area contributed by atoms with Gasteiger partial charge in [-0.2, -0.15) is 0 Å². The first-order valence-electron chi connectivity index (χ1n) is 6.32. The van der Waals surface area contributed by atoms with E-state index in [1.807, 2.05) is 0 Å². The summed E-state index contributed by atoms with van der Waals surface area (Å²) in [6.07, 6.45) is 3.03. The van der Waals surface area contributed by atoms with Crippen molar-refractivity contribution in [2.24, 2.45) is 0 Å². The average molecular weight is 302 g/mol. The number of unbranched alkanes of at least 4 members (excludes halogenated alkanes) is 3. The normalized spacial score (nSPS) is 11.4. The van der Waals surface area contributed by atoms with Crippen LogP contribution in [0.3, 0.4) is 0 Å². The van der Waals surface area contributed by atoms with Crippen molar-refractivity contribution in [3.63, 3.8) is 0 Å². The summed E-state index contributed by atoms with van der Waals surface area (Å²) in [6.45, 7) is 0.413. The van der Waals surface area contributed by atoms with Crippen LogP contribution in [0, 0.1) is 10.1 Å². The van der Waals surface area contributed by atoms with Crippen LogP contribution in [-0.2, 0) is 10.0 Å². The third kappa shape index (κ3) is 5.24. The first kappa shape index (κ1) is 16.5. The van der Waals surface area contributed by atoms with E-state index in [1.165, 1.54) is 18.2 Å². The standard InChI is InChI=1S/C12H18N2O5S/c15-9-4-2-1-3-8-13-20(18,19)12-7-5-6-11(10-12)14(16)17/h5-7,10,13,15H,1-4,8-9H2. The van der Waals surface area contributed by atoms with Crippen LogP contribution in [0.4, 0.5) is 5.69 Å². The molecule has 0 aliphatic rings. The number of nitro groups is 1. The van der Waals surface area contributed by atoms with Gasteiger partial charge in [0.25, 0.3) is 5.69 Å². The smallest absolute Gasteiger partial charge is 0.270 e. The number of aliphatic hydroxyl groups excluding tert-OH is 1. The summed E-state index contributed by atoms with van der Waals surface area (Å²) in [5.74, 6) is 0. The first-order chi connectivity index (χ1) is 9.47. The largest absolute Gasteiger partial charge is 0.396 e. The quantitative estimate of drug-likeness (QED) is 0.407. The molecule has 112 valence electrons. The fraction of sp³-hybridized carbons (Fsp3) is 0.500. The van der Waals surface area contributed by atoms with Crippen molar-refractivity contribution in [2.45, 2.75) is 30.6 Å². The monoisotopic (exact) mass is 302 g/mol. The fourth-order valence-electron chi connectivity index (χ4n) is 1.64. The summed E-state index contributed by atoms with van der Waals surface area (Å²) in [4.78, 5) is 9.87. The molecule has 20 heavy (non-hydrogen) atoms. The molecule has 0 amide bonds. The second-order valence-electron chi connectivity index (χ2n) is 4.29. The van der Waals surface area contributed by atoms with Gasteiger partial charge >= 0.3 is 0 Å². The van der Waals surface area contributed by atoms with Gasteiger partial charge in [-0.15, -0.1) is 0 Å².